The number of rotatable bonds is 3. The first-order chi connectivity index (χ1) is 7.10. The molecule has 0 bridgehead atoms. The molecule has 1 aliphatic carbocycles. The van der Waals surface area contributed by atoms with E-state index in [1.54, 1.807) is 0 Å². The molecule has 1 nitrogen and oxygen atoms in total. The van der Waals surface area contributed by atoms with Crippen molar-refractivity contribution in [1.29, 1.82) is 0 Å². The summed E-state index contributed by atoms with van der Waals surface area (Å²) in [6.07, 6.45) is 1.27. The van der Waals surface area contributed by atoms with E-state index in [2.05, 4.69) is 45.0 Å². The topological polar surface area (TPSA) is 26.0 Å². The van der Waals surface area contributed by atoms with Crippen LogP contribution in [0.15, 0.2) is 24.3 Å². The van der Waals surface area contributed by atoms with Crippen LogP contribution in [0.5, 0.6) is 0 Å². The van der Waals surface area contributed by atoms with Crippen LogP contribution in [0, 0.1) is 18.8 Å². The average molecular weight is 203 g/mol. The van der Waals surface area contributed by atoms with Crippen molar-refractivity contribution >= 4 is 0 Å². The van der Waals surface area contributed by atoms with Crippen molar-refractivity contribution < 1.29 is 0 Å². The molecular formula is C14H21N. The molecule has 0 saturated heterocycles. The Morgan fingerprint density at radius 2 is 1.93 bits per heavy atom. The van der Waals surface area contributed by atoms with E-state index in [0.29, 0.717) is 5.41 Å². The molecule has 82 valence electrons. The van der Waals surface area contributed by atoms with Gasteiger partial charge in [-0.1, -0.05) is 43.7 Å². The van der Waals surface area contributed by atoms with Crippen molar-refractivity contribution in [2.24, 2.45) is 17.6 Å². The smallest absolute Gasteiger partial charge is 0.0110 e. The zero-order valence-corrected chi connectivity index (χ0v) is 9.96. The van der Waals surface area contributed by atoms with Crippen LogP contribution in [-0.4, -0.2) is 6.54 Å². The standard InChI is InChI=1S/C14H21N/c1-10(2)13-8-14(13,9-15)12-6-4-11(3)5-7-12/h4-7,10,13H,8-9,15H2,1-3H3. The van der Waals surface area contributed by atoms with Crippen molar-refractivity contribution in [3.05, 3.63) is 35.4 Å². The van der Waals surface area contributed by atoms with Crippen LogP contribution in [0.1, 0.15) is 31.4 Å². The van der Waals surface area contributed by atoms with Gasteiger partial charge in [-0.3, -0.25) is 0 Å². The molecule has 1 saturated carbocycles. The van der Waals surface area contributed by atoms with Gasteiger partial charge in [0.25, 0.3) is 0 Å². The van der Waals surface area contributed by atoms with Gasteiger partial charge in [-0.05, 0) is 30.7 Å². The minimum atomic E-state index is 0.294. The van der Waals surface area contributed by atoms with Gasteiger partial charge < -0.3 is 5.73 Å². The fourth-order valence-corrected chi connectivity index (χ4v) is 2.78. The fraction of sp³-hybridized carbons (Fsp3) is 0.571. The van der Waals surface area contributed by atoms with Gasteiger partial charge >= 0.3 is 0 Å². The highest BCUT2D eigenvalue weighted by Crippen LogP contribution is 2.57. The maximum atomic E-state index is 5.97. The lowest BCUT2D eigenvalue weighted by atomic mass is 9.89. The molecule has 0 aromatic heterocycles. The van der Waals surface area contributed by atoms with Crippen molar-refractivity contribution in [2.75, 3.05) is 6.54 Å². The van der Waals surface area contributed by atoms with Crippen molar-refractivity contribution in [3.8, 4) is 0 Å². The molecule has 1 aliphatic rings. The van der Waals surface area contributed by atoms with E-state index < -0.39 is 0 Å². The Labute approximate surface area is 92.7 Å². The Morgan fingerprint density at radius 3 is 2.33 bits per heavy atom. The van der Waals surface area contributed by atoms with Gasteiger partial charge in [-0.2, -0.15) is 0 Å². The lowest BCUT2D eigenvalue weighted by molar-refractivity contribution is 0.484. The highest BCUT2D eigenvalue weighted by Gasteiger charge is 2.55. The summed E-state index contributed by atoms with van der Waals surface area (Å²) in [6, 6.07) is 8.90. The van der Waals surface area contributed by atoms with Crippen LogP contribution in [0.3, 0.4) is 0 Å². The molecular weight excluding hydrogens is 182 g/mol. The molecule has 2 unspecified atom stereocenters. The first-order valence-corrected chi connectivity index (χ1v) is 5.87. The number of hydrogen-bond donors (Lipinski definition) is 1. The molecule has 2 N–H and O–H groups in total. The molecule has 1 aromatic rings. The van der Waals surface area contributed by atoms with Gasteiger partial charge in [0, 0.05) is 12.0 Å². The molecule has 1 heteroatoms. The Bertz CT molecular complexity index is 339. The molecule has 0 aliphatic heterocycles. The van der Waals surface area contributed by atoms with E-state index in [-0.39, 0.29) is 0 Å². The van der Waals surface area contributed by atoms with Gasteiger partial charge in [0.2, 0.25) is 0 Å². The fourth-order valence-electron chi connectivity index (χ4n) is 2.78. The van der Waals surface area contributed by atoms with Gasteiger partial charge in [0.05, 0.1) is 0 Å². The van der Waals surface area contributed by atoms with Crippen molar-refractivity contribution in [3.63, 3.8) is 0 Å². The summed E-state index contributed by atoms with van der Waals surface area (Å²) in [7, 11) is 0. The van der Waals surface area contributed by atoms with Crippen LogP contribution in [0.4, 0.5) is 0 Å². The highest BCUT2D eigenvalue weighted by molar-refractivity contribution is 5.36. The number of hydrogen-bond acceptors (Lipinski definition) is 1. The molecule has 1 aromatic carbocycles. The summed E-state index contributed by atoms with van der Waals surface area (Å²) in [6.45, 7) is 7.52. The lowest BCUT2D eigenvalue weighted by Crippen LogP contribution is -2.23. The molecule has 2 rings (SSSR count). The minimum Gasteiger partial charge on any atom is -0.330 e. The third-order valence-corrected chi connectivity index (χ3v) is 3.93. The maximum absolute atomic E-state index is 5.97. The second kappa shape index (κ2) is 3.64. The Hall–Kier alpha value is -0.820. The largest absolute Gasteiger partial charge is 0.330 e. The first kappa shape index (κ1) is 10.7. The van der Waals surface area contributed by atoms with E-state index in [1.165, 1.54) is 17.5 Å². The maximum Gasteiger partial charge on any atom is 0.0110 e. The predicted molar refractivity (Wildman–Crippen MR) is 64.9 cm³/mol. The summed E-state index contributed by atoms with van der Waals surface area (Å²) in [5.74, 6) is 1.53. The zero-order valence-electron chi connectivity index (χ0n) is 9.96. The van der Waals surface area contributed by atoms with Crippen LogP contribution in [0.25, 0.3) is 0 Å². The monoisotopic (exact) mass is 203 g/mol. The Kier molecular flexibility index (Phi) is 2.59. The van der Waals surface area contributed by atoms with E-state index in [1.807, 2.05) is 0 Å². The molecule has 0 amide bonds. The van der Waals surface area contributed by atoms with Crippen LogP contribution in [-0.2, 0) is 5.41 Å². The average Bonchev–Trinajstić information content (AvgIpc) is 2.95. The summed E-state index contributed by atoms with van der Waals surface area (Å²) < 4.78 is 0. The van der Waals surface area contributed by atoms with E-state index >= 15 is 0 Å². The molecule has 0 heterocycles. The SMILES string of the molecule is Cc1ccc(C2(CN)CC2C(C)C)cc1. The van der Waals surface area contributed by atoms with E-state index in [0.717, 1.165) is 18.4 Å². The zero-order chi connectivity index (χ0) is 11.1. The van der Waals surface area contributed by atoms with Crippen molar-refractivity contribution in [1.82, 2.24) is 0 Å². The minimum absolute atomic E-state index is 0.294. The van der Waals surface area contributed by atoms with E-state index in [4.69, 9.17) is 5.73 Å². The Balaban J connectivity index is 2.26. The lowest BCUT2D eigenvalue weighted by Gasteiger charge is -2.17. The molecule has 0 spiro atoms. The second-order valence-electron chi connectivity index (χ2n) is 5.28. The number of nitrogens with two attached hydrogens (primary N) is 1. The van der Waals surface area contributed by atoms with Gasteiger partial charge in [-0.15, -0.1) is 0 Å². The van der Waals surface area contributed by atoms with Crippen molar-refractivity contribution in [2.45, 2.75) is 32.6 Å². The van der Waals surface area contributed by atoms with E-state index in [9.17, 15) is 0 Å². The normalized spacial score (nSPS) is 29.5. The Morgan fingerprint density at radius 1 is 1.33 bits per heavy atom. The van der Waals surface area contributed by atoms with Crippen LogP contribution >= 0.6 is 0 Å². The molecule has 0 radical (unpaired) electrons. The predicted octanol–water partition coefficient (Wildman–Crippen LogP) is 2.87. The number of benzene rings is 1. The second-order valence-corrected chi connectivity index (χ2v) is 5.28. The van der Waals surface area contributed by atoms with Gasteiger partial charge in [0.1, 0.15) is 0 Å². The third-order valence-electron chi connectivity index (χ3n) is 3.93. The van der Waals surface area contributed by atoms with Gasteiger partial charge in [-0.25, -0.2) is 0 Å². The summed E-state index contributed by atoms with van der Waals surface area (Å²) in [5.41, 5.74) is 9.03. The van der Waals surface area contributed by atoms with Crippen LogP contribution < -0.4 is 5.73 Å². The van der Waals surface area contributed by atoms with Gasteiger partial charge in [0.15, 0.2) is 0 Å². The third kappa shape index (κ3) is 1.69. The quantitative estimate of drug-likeness (QED) is 0.803. The molecule has 2 atom stereocenters. The molecule has 15 heavy (non-hydrogen) atoms. The highest BCUT2D eigenvalue weighted by atomic mass is 14.7. The first-order valence-electron chi connectivity index (χ1n) is 5.87. The van der Waals surface area contributed by atoms with Crippen LogP contribution in [0.2, 0.25) is 0 Å². The summed E-state index contributed by atoms with van der Waals surface area (Å²) >= 11 is 0. The summed E-state index contributed by atoms with van der Waals surface area (Å²) in [4.78, 5) is 0. The summed E-state index contributed by atoms with van der Waals surface area (Å²) in [5, 5.41) is 0. The number of aryl methyl sites for hydroxylation is 1. The molecule has 1 fully saturated rings.